The zero-order chi connectivity index (χ0) is 14.6. The van der Waals surface area contributed by atoms with Gasteiger partial charge in [0.25, 0.3) is 0 Å². The van der Waals surface area contributed by atoms with Gasteiger partial charge in [0.15, 0.2) is 0 Å². The summed E-state index contributed by atoms with van der Waals surface area (Å²) in [4.78, 5) is 0.213. The Morgan fingerprint density at radius 3 is 2.50 bits per heavy atom. The number of benzene rings is 1. The van der Waals surface area contributed by atoms with E-state index in [0.717, 1.165) is 5.76 Å². The quantitative estimate of drug-likeness (QED) is 0.887. The summed E-state index contributed by atoms with van der Waals surface area (Å²) in [5.41, 5.74) is 0. The van der Waals surface area contributed by atoms with Gasteiger partial charge in [0.05, 0.1) is 18.3 Å². The molecule has 1 aromatic carbocycles. The van der Waals surface area contributed by atoms with Crippen LogP contribution in [0.4, 0.5) is 0 Å². The first kappa shape index (κ1) is 14.6. The van der Waals surface area contributed by atoms with Gasteiger partial charge in [-0.15, -0.1) is 0 Å². The van der Waals surface area contributed by atoms with Crippen LogP contribution in [0.1, 0.15) is 12.7 Å². The highest BCUT2D eigenvalue weighted by atomic mass is 32.2. The minimum Gasteiger partial charge on any atom is -0.497 e. The van der Waals surface area contributed by atoms with Crippen molar-refractivity contribution in [2.24, 2.45) is 0 Å². The van der Waals surface area contributed by atoms with Gasteiger partial charge in [-0.1, -0.05) is 0 Å². The van der Waals surface area contributed by atoms with Crippen LogP contribution >= 0.6 is 0 Å². The second-order valence-electron chi connectivity index (χ2n) is 4.48. The SMILES string of the molecule is COc1ccc(S(=O)(=O)N[C@@H](C)Cc2ccco2)cc1. The highest BCUT2D eigenvalue weighted by Gasteiger charge is 2.18. The van der Waals surface area contributed by atoms with Crippen molar-refractivity contribution in [1.82, 2.24) is 4.72 Å². The predicted octanol–water partition coefficient (Wildman–Crippen LogP) is 2.20. The van der Waals surface area contributed by atoms with E-state index in [0.29, 0.717) is 12.2 Å². The summed E-state index contributed by atoms with van der Waals surface area (Å²) in [5.74, 6) is 1.36. The Morgan fingerprint density at radius 2 is 1.95 bits per heavy atom. The minimum absolute atomic E-state index is 0.213. The van der Waals surface area contributed by atoms with Crippen molar-refractivity contribution in [3.63, 3.8) is 0 Å². The van der Waals surface area contributed by atoms with E-state index in [-0.39, 0.29) is 10.9 Å². The van der Waals surface area contributed by atoms with Crippen molar-refractivity contribution in [2.45, 2.75) is 24.3 Å². The lowest BCUT2D eigenvalue weighted by Crippen LogP contribution is -2.34. The van der Waals surface area contributed by atoms with E-state index in [1.165, 1.54) is 19.2 Å². The molecule has 6 heteroatoms. The molecule has 0 bridgehead atoms. The maximum absolute atomic E-state index is 12.2. The zero-order valence-corrected chi connectivity index (χ0v) is 12.2. The Balaban J connectivity index is 2.05. The van der Waals surface area contributed by atoms with Gasteiger partial charge in [-0.2, -0.15) is 0 Å². The molecule has 1 atom stereocenters. The molecule has 0 spiro atoms. The Hall–Kier alpha value is -1.79. The predicted molar refractivity (Wildman–Crippen MR) is 75.2 cm³/mol. The van der Waals surface area contributed by atoms with Crippen molar-refractivity contribution in [2.75, 3.05) is 7.11 Å². The number of furan rings is 1. The molecule has 0 aliphatic heterocycles. The number of rotatable bonds is 6. The van der Waals surface area contributed by atoms with Gasteiger partial charge in [0.1, 0.15) is 11.5 Å². The fourth-order valence-electron chi connectivity index (χ4n) is 1.86. The summed E-state index contributed by atoms with van der Waals surface area (Å²) >= 11 is 0. The van der Waals surface area contributed by atoms with E-state index in [9.17, 15) is 8.42 Å². The molecule has 1 aromatic heterocycles. The van der Waals surface area contributed by atoms with Crippen LogP contribution in [-0.4, -0.2) is 21.6 Å². The Morgan fingerprint density at radius 1 is 1.25 bits per heavy atom. The number of nitrogens with one attached hydrogen (secondary N) is 1. The molecule has 108 valence electrons. The Kier molecular flexibility index (Phi) is 4.46. The van der Waals surface area contributed by atoms with Gasteiger partial charge < -0.3 is 9.15 Å². The van der Waals surface area contributed by atoms with Crippen molar-refractivity contribution >= 4 is 10.0 Å². The van der Waals surface area contributed by atoms with Crippen LogP contribution in [0.5, 0.6) is 5.75 Å². The smallest absolute Gasteiger partial charge is 0.240 e. The van der Waals surface area contributed by atoms with E-state index in [1.807, 2.05) is 6.07 Å². The molecule has 20 heavy (non-hydrogen) atoms. The summed E-state index contributed by atoms with van der Waals surface area (Å²) in [7, 11) is -2.00. The maximum Gasteiger partial charge on any atom is 0.240 e. The van der Waals surface area contributed by atoms with Crippen LogP contribution in [-0.2, 0) is 16.4 Å². The van der Waals surface area contributed by atoms with Crippen molar-refractivity contribution in [3.05, 3.63) is 48.4 Å². The molecule has 0 saturated carbocycles. The molecule has 0 unspecified atom stereocenters. The summed E-state index contributed by atoms with van der Waals surface area (Å²) in [6, 6.07) is 9.60. The average Bonchev–Trinajstić information content (AvgIpc) is 2.91. The molecular formula is C14H17NO4S. The van der Waals surface area contributed by atoms with Gasteiger partial charge in [0, 0.05) is 12.5 Å². The number of ether oxygens (including phenoxy) is 1. The zero-order valence-electron chi connectivity index (χ0n) is 11.4. The average molecular weight is 295 g/mol. The normalized spacial score (nSPS) is 13.1. The molecular weight excluding hydrogens is 278 g/mol. The molecule has 5 nitrogen and oxygen atoms in total. The number of methoxy groups -OCH3 is 1. The first-order chi connectivity index (χ1) is 9.51. The lowest BCUT2D eigenvalue weighted by Gasteiger charge is -2.13. The van der Waals surface area contributed by atoms with Gasteiger partial charge in [-0.25, -0.2) is 13.1 Å². The topological polar surface area (TPSA) is 68.5 Å². The third-order valence-corrected chi connectivity index (χ3v) is 4.42. The van der Waals surface area contributed by atoms with Crippen LogP contribution in [0.3, 0.4) is 0 Å². The molecule has 0 saturated heterocycles. The van der Waals surface area contributed by atoms with Crippen LogP contribution < -0.4 is 9.46 Å². The molecule has 0 aliphatic rings. The molecule has 0 radical (unpaired) electrons. The largest absolute Gasteiger partial charge is 0.497 e. The number of sulfonamides is 1. The highest BCUT2D eigenvalue weighted by molar-refractivity contribution is 7.89. The molecule has 0 fully saturated rings. The monoisotopic (exact) mass is 295 g/mol. The standard InChI is InChI=1S/C14H17NO4S/c1-11(10-13-4-3-9-19-13)15-20(16,17)14-7-5-12(18-2)6-8-14/h3-9,11,15H,10H2,1-2H3/t11-/m0/s1. The van der Waals surface area contributed by atoms with Crippen molar-refractivity contribution in [1.29, 1.82) is 0 Å². The fraction of sp³-hybridized carbons (Fsp3) is 0.286. The van der Waals surface area contributed by atoms with Gasteiger partial charge in [-0.05, 0) is 43.3 Å². The second kappa shape index (κ2) is 6.11. The third-order valence-electron chi connectivity index (χ3n) is 2.81. The van der Waals surface area contributed by atoms with E-state index >= 15 is 0 Å². The maximum atomic E-state index is 12.2. The highest BCUT2D eigenvalue weighted by Crippen LogP contribution is 2.16. The van der Waals surface area contributed by atoms with E-state index < -0.39 is 10.0 Å². The summed E-state index contributed by atoms with van der Waals surface area (Å²) < 4.78 is 37.2. The van der Waals surface area contributed by atoms with E-state index in [4.69, 9.17) is 9.15 Å². The van der Waals surface area contributed by atoms with Crippen molar-refractivity contribution < 1.29 is 17.6 Å². The Labute approximate surface area is 118 Å². The molecule has 1 N–H and O–H groups in total. The molecule has 2 aromatic rings. The number of hydrogen-bond acceptors (Lipinski definition) is 4. The first-order valence-electron chi connectivity index (χ1n) is 6.20. The Bertz CT molecular complexity index is 632. The molecule has 1 heterocycles. The van der Waals surface area contributed by atoms with Gasteiger partial charge in [-0.3, -0.25) is 0 Å². The molecule has 0 amide bonds. The molecule has 0 aliphatic carbocycles. The fourth-order valence-corrected chi connectivity index (χ4v) is 3.10. The van der Waals surface area contributed by atoms with Crippen molar-refractivity contribution in [3.8, 4) is 5.75 Å². The molecule has 2 rings (SSSR count). The lowest BCUT2D eigenvalue weighted by molar-refractivity contribution is 0.414. The second-order valence-corrected chi connectivity index (χ2v) is 6.20. The third kappa shape index (κ3) is 3.61. The summed E-state index contributed by atoms with van der Waals surface area (Å²) in [5, 5.41) is 0. The minimum atomic E-state index is -3.53. The van der Waals surface area contributed by atoms with E-state index in [2.05, 4.69) is 4.72 Å². The van der Waals surface area contributed by atoms with Crippen LogP contribution in [0.2, 0.25) is 0 Å². The summed E-state index contributed by atoms with van der Waals surface area (Å²) in [6.45, 7) is 1.80. The van der Waals surface area contributed by atoms with Gasteiger partial charge in [0.2, 0.25) is 10.0 Å². The van der Waals surface area contributed by atoms with Crippen LogP contribution in [0.25, 0.3) is 0 Å². The first-order valence-corrected chi connectivity index (χ1v) is 7.68. The van der Waals surface area contributed by atoms with Gasteiger partial charge >= 0.3 is 0 Å². The van der Waals surface area contributed by atoms with Crippen LogP contribution in [0.15, 0.2) is 52.0 Å². The lowest BCUT2D eigenvalue weighted by atomic mass is 10.2. The summed E-state index contributed by atoms with van der Waals surface area (Å²) in [6.07, 6.45) is 2.07. The number of hydrogen-bond donors (Lipinski definition) is 1. The van der Waals surface area contributed by atoms with E-state index in [1.54, 1.807) is 31.4 Å². The van der Waals surface area contributed by atoms with Crippen LogP contribution in [0, 0.1) is 0 Å².